The second kappa shape index (κ2) is 20.5. The van der Waals surface area contributed by atoms with Crippen LogP contribution in [0, 0.1) is 0 Å². The molecule has 1 aromatic carbocycles. The third-order valence-corrected chi connectivity index (χ3v) is 5.94. The molecule has 0 atom stereocenters. The summed E-state index contributed by atoms with van der Waals surface area (Å²) in [5, 5.41) is 0. The molecule has 0 radical (unpaired) electrons. The highest BCUT2D eigenvalue weighted by Gasteiger charge is 2.08. The van der Waals surface area contributed by atoms with Gasteiger partial charge in [-0.05, 0) is 30.5 Å². The maximum Gasteiger partial charge on any atom is 0.373 e. The van der Waals surface area contributed by atoms with Gasteiger partial charge in [0, 0.05) is 0 Å². The Labute approximate surface area is 192 Å². The van der Waals surface area contributed by atoms with Crippen LogP contribution in [0.25, 0.3) is 0 Å². The molecule has 0 heterocycles. The molecule has 0 spiro atoms. The molecule has 0 fully saturated rings. The third kappa shape index (κ3) is 16.0. The Morgan fingerprint density at radius 2 is 1.06 bits per heavy atom. The fraction of sp³-hybridized carbons (Fsp3) is 0.750. The third-order valence-electron chi connectivity index (χ3n) is 5.94. The average Bonchev–Trinajstić information content (AvgIpc) is 2.79. The quantitative estimate of drug-likeness (QED) is 0.110. The zero-order valence-electron chi connectivity index (χ0n) is 20.5. The number of hydrogen-bond donors (Lipinski definition) is 0. The van der Waals surface area contributed by atoms with Gasteiger partial charge in [-0.15, -0.1) is 0 Å². The van der Waals surface area contributed by atoms with Crippen LogP contribution >= 0.6 is 0 Å². The summed E-state index contributed by atoms with van der Waals surface area (Å²) < 4.78 is 0. The molecular weight excluding hydrogens is 384 g/mol. The van der Waals surface area contributed by atoms with Crippen LogP contribution in [0.2, 0.25) is 0 Å². The summed E-state index contributed by atoms with van der Waals surface area (Å²) >= 11 is 0. The van der Waals surface area contributed by atoms with Crippen molar-refractivity contribution in [3.63, 3.8) is 0 Å². The lowest BCUT2D eigenvalue weighted by molar-refractivity contribution is -0.241. The first-order chi connectivity index (χ1) is 15.3. The molecule has 3 heteroatoms. The lowest BCUT2D eigenvalue weighted by Crippen LogP contribution is -2.07. The minimum absolute atomic E-state index is 0.403. The molecule has 178 valence electrons. The Morgan fingerprint density at radius 3 is 1.52 bits per heavy atom. The Hall–Kier alpha value is -1.35. The first-order valence-electron chi connectivity index (χ1n) is 13.2. The first-order valence-corrected chi connectivity index (χ1v) is 13.2. The van der Waals surface area contributed by atoms with Gasteiger partial charge in [0.15, 0.2) is 0 Å². The Kier molecular flexibility index (Phi) is 18.3. The largest absolute Gasteiger partial charge is 0.373 e. The smallest absolute Gasteiger partial charge is 0.293 e. The van der Waals surface area contributed by atoms with E-state index in [4.69, 9.17) is 9.78 Å². The number of unbranched alkanes of at least 4 members (excludes halogenated alkanes) is 15. The predicted octanol–water partition coefficient (Wildman–Crippen LogP) is 8.99. The first kappa shape index (κ1) is 27.7. The molecule has 0 aliphatic heterocycles. The van der Waals surface area contributed by atoms with E-state index in [1.807, 2.05) is 24.3 Å². The Bertz CT molecular complexity index is 524. The average molecular weight is 433 g/mol. The van der Waals surface area contributed by atoms with Gasteiger partial charge in [-0.3, -0.25) is 4.89 Å². The minimum Gasteiger partial charge on any atom is -0.293 e. The molecule has 0 amide bonds. The van der Waals surface area contributed by atoms with Crippen LogP contribution in [-0.4, -0.2) is 12.6 Å². The second-order valence-corrected chi connectivity index (χ2v) is 8.94. The maximum absolute atomic E-state index is 11.9. The van der Waals surface area contributed by atoms with E-state index >= 15 is 0 Å². The van der Waals surface area contributed by atoms with Crippen molar-refractivity contribution >= 4 is 5.97 Å². The van der Waals surface area contributed by atoms with Gasteiger partial charge < -0.3 is 0 Å². The summed E-state index contributed by atoms with van der Waals surface area (Å²) in [6.45, 7) is 4.91. The van der Waals surface area contributed by atoms with Crippen LogP contribution in [0.5, 0.6) is 0 Å². The van der Waals surface area contributed by atoms with Crippen LogP contribution in [0.4, 0.5) is 0 Å². The maximum atomic E-state index is 11.9. The van der Waals surface area contributed by atoms with E-state index in [1.165, 1.54) is 95.5 Å². The Balaban J connectivity index is 1.82. The van der Waals surface area contributed by atoms with Gasteiger partial charge in [0.05, 0.1) is 12.2 Å². The molecule has 0 aliphatic carbocycles. The summed E-state index contributed by atoms with van der Waals surface area (Å²) in [5.41, 5.74) is 1.79. The van der Waals surface area contributed by atoms with Crippen LogP contribution in [0.1, 0.15) is 139 Å². The van der Waals surface area contributed by atoms with Crippen LogP contribution in [0.15, 0.2) is 24.3 Å². The lowest BCUT2D eigenvalue weighted by Gasteiger charge is -2.05. The highest BCUT2D eigenvalue weighted by atomic mass is 17.2. The highest BCUT2D eigenvalue weighted by Crippen LogP contribution is 2.14. The number of aryl methyl sites for hydroxylation is 1. The van der Waals surface area contributed by atoms with Crippen LogP contribution in [0.3, 0.4) is 0 Å². The zero-order valence-corrected chi connectivity index (χ0v) is 20.5. The molecule has 0 saturated heterocycles. The van der Waals surface area contributed by atoms with E-state index in [0.29, 0.717) is 12.2 Å². The zero-order chi connectivity index (χ0) is 22.4. The molecule has 0 N–H and O–H groups in total. The van der Waals surface area contributed by atoms with Crippen molar-refractivity contribution in [2.24, 2.45) is 0 Å². The van der Waals surface area contributed by atoms with Crippen molar-refractivity contribution in [3.8, 4) is 0 Å². The van der Waals surface area contributed by atoms with E-state index < -0.39 is 5.97 Å². The topological polar surface area (TPSA) is 35.5 Å². The van der Waals surface area contributed by atoms with E-state index in [9.17, 15) is 4.79 Å². The van der Waals surface area contributed by atoms with Crippen LogP contribution in [-0.2, 0) is 16.2 Å². The molecule has 3 nitrogen and oxygen atoms in total. The summed E-state index contributed by atoms with van der Waals surface area (Å²) in [4.78, 5) is 21.9. The molecular formula is C28H48O3. The lowest BCUT2D eigenvalue weighted by atomic mass is 10.0. The van der Waals surface area contributed by atoms with Gasteiger partial charge in [0.1, 0.15) is 0 Å². The van der Waals surface area contributed by atoms with Crippen molar-refractivity contribution in [3.05, 3.63) is 35.4 Å². The van der Waals surface area contributed by atoms with E-state index in [-0.39, 0.29) is 0 Å². The van der Waals surface area contributed by atoms with E-state index in [0.717, 1.165) is 25.7 Å². The molecule has 1 aromatic rings. The van der Waals surface area contributed by atoms with Crippen molar-refractivity contribution in [2.45, 2.75) is 129 Å². The fourth-order valence-corrected chi connectivity index (χ4v) is 3.95. The normalized spacial score (nSPS) is 11.0. The van der Waals surface area contributed by atoms with Crippen LogP contribution < -0.4 is 0 Å². The van der Waals surface area contributed by atoms with Crippen molar-refractivity contribution in [2.75, 3.05) is 6.61 Å². The summed E-state index contributed by atoms with van der Waals surface area (Å²) in [5.74, 6) is -0.403. The summed E-state index contributed by atoms with van der Waals surface area (Å²) in [6.07, 6.45) is 23.7. The summed E-state index contributed by atoms with van der Waals surface area (Å²) in [6, 6.07) is 7.59. The molecule has 1 rings (SSSR count). The second-order valence-electron chi connectivity index (χ2n) is 8.94. The van der Waals surface area contributed by atoms with Crippen molar-refractivity contribution in [1.29, 1.82) is 0 Å². The van der Waals surface area contributed by atoms with Crippen molar-refractivity contribution in [1.82, 2.24) is 0 Å². The number of benzene rings is 1. The summed E-state index contributed by atoms with van der Waals surface area (Å²) in [7, 11) is 0. The van der Waals surface area contributed by atoms with E-state index in [1.54, 1.807) is 0 Å². The molecule has 31 heavy (non-hydrogen) atoms. The Morgan fingerprint density at radius 1 is 0.613 bits per heavy atom. The van der Waals surface area contributed by atoms with Crippen molar-refractivity contribution < 1.29 is 14.6 Å². The van der Waals surface area contributed by atoms with Gasteiger partial charge in [0.2, 0.25) is 0 Å². The molecule has 0 unspecified atom stereocenters. The predicted molar refractivity (Wildman–Crippen MR) is 131 cm³/mol. The number of carbonyl (C=O) groups excluding carboxylic acids is 1. The number of rotatable bonds is 21. The molecule has 0 bridgehead atoms. The monoisotopic (exact) mass is 432 g/mol. The van der Waals surface area contributed by atoms with E-state index in [2.05, 4.69) is 13.8 Å². The van der Waals surface area contributed by atoms with Gasteiger partial charge in [0.25, 0.3) is 0 Å². The number of carbonyl (C=O) groups is 1. The fourth-order valence-electron chi connectivity index (χ4n) is 3.95. The van der Waals surface area contributed by atoms with Gasteiger partial charge >= 0.3 is 5.97 Å². The SMILES string of the molecule is CCCCCCCCCCCCCCCCCCOOC(=O)c1ccc(CCC)cc1. The molecule has 0 aliphatic rings. The van der Waals surface area contributed by atoms with Gasteiger partial charge in [-0.25, -0.2) is 4.79 Å². The number of hydrogen-bond acceptors (Lipinski definition) is 3. The standard InChI is InChI=1S/C28H48O3/c1-3-5-6-7-8-9-10-11-12-13-14-15-16-17-18-19-25-30-31-28(29)27-23-21-26(20-4-2)22-24-27/h21-24H,3-20,25H2,1-2H3. The molecule has 0 aromatic heterocycles. The molecule has 0 saturated carbocycles. The van der Waals surface area contributed by atoms with Gasteiger partial charge in [-0.2, -0.15) is 4.89 Å². The minimum atomic E-state index is -0.403. The highest BCUT2D eigenvalue weighted by molar-refractivity contribution is 5.88. The van der Waals surface area contributed by atoms with Gasteiger partial charge in [-0.1, -0.05) is 129 Å².